The van der Waals surface area contributed by atoms with Crippen LogP contribution in [-0.2, 0) is 19.7 Å². The van der Waals surface area contributed by atoms with E-state index >= 15 is 0 Å². The predicted octanol–water partition coefficient (Wildman–Crippen LogP) is 3.38. The van der Waals surface area contributed by atoms with E-state index in [0.717, 1.165) is 31.4 Å². The maximum Gasteiger partial charge on any atom is 0.337 e. The fourth-order valence-corrected chi connectivity index (χ4v) is 4.00. The molecule has 1 saturated heterocycles. The number of ether oxygens (including phenoxy) is 3. The number of esters is 1. The lowest BCUT2D eigenvalue weighted by Gasteiger charge is -2.33. The van der Waals surface area contributed by atoms with Crippen LogP contribution in [0, 0.1) is 0 Å². The summed E-state index contributed by atoms with van der Waals surface area (Å²) in [5.41, 5.74) is 2.87. The molecule has 1 aromatic carbocycles. The molecule has 0 spiro atoms. The number of nitrogens with zero attached hydrogens (tertiary/aromatic N) is 1. The Balaban J connectivity index is 1.83. The van der Waals surface area contributed by atoms with Crippen LogP contribution in [0.25, 0.3) is 0 Å². The van der Waals surface area contributed by atoms with Crippen molar-refractivity contribution in [3.05, 3.63) is 35.4 Å². The normalized spacial score (nSPS) is 29.6. The minimum absolute atomic E-state index is 0.160. The van der Waals surface area contributed by atoms with Gasteiger partial charge in [-0.25, -0.2) is 4.79 Å². The van der Waals surface area contributed by atoms with Gasteiger partial charge in [0.05, 0.1) is 24.8 Å². The molecule has 0 bridgehead atoms. The fraction of sp³-hybridized carbons (Fsp3) is 0.556. The molecule has 2 heterocycles. The van der Waals surface area contributed by atoms with Crippen molar-refractivity contribution in [1.82, 2.24) is 0 Å². The Morgan fingerprint density at radius 3 is 3.00 bits per heavy atom. The number of benzene rings is 1. The number of aliphatic imine (C=N–C) groups is 1. The molecule has 0 aliphatic carbocycles. The minimum atomic E-state index is -0.504. The molecule has 24 heavy (non-hydrogen) atoms. The first-order valence-electron chi connectivity index (χ1n) is 8.27. The summed E-state index contributed by atoms with van der Waals surface area (Å²) in [6.07, 6.45) is 2.98. The van der Waals surface area contributed by atoms with Gasteiger partial charge in [0.2, 0.25) is 0 Å². The molecule has 1 aromatic rings. The van der Waals surface area contributed by atoms with Crippen molar-refractivity contribution in [3.63, 3.8) is 0 Å². The molecular weight excluding hydrogens is 326 g/mol. The van der Waals surface area contributed by atoms with Crippen LogP contribution >= 0.6 is 11.8 Å². The molecule has 130 valence electrons. The smallest absolute Gasteiger partial charge is 0.337 e. The molecule has 0 saturated carbocycles. The van der Waals surface area contributed by atoms with E-state index < -0.39 is 5.54 Å². The molecular formula is C18H23NO4S. The standard InChI is InChI=1S/C18H23NO4S/c1-13-18(19-12-24-13,11-23-16-8-3-4-9-22-16)15-7-5-6-14(10-15)17(20)21-2/h5-7,10,12-13,16H,3-4,8-9,11H2,1-2H3. The third kappa shape index (κ3) is 3.50. The average molecular weight is 349 g/mol. The Morgan fingerprint density at radius 1 is 1.46 bits per heavy atom. The number of rotatable bonds is 5. The zero-order chi connectivity index (χ0) is 17.0. The Labute approximate surface area is 146 Å². The molecule has 2 aliphatic rings. The van der Waals surface area contributed by atoms with Crippen molar-refractivity contribution >= 4 is 23.3 Å². The van der Waals surface area contributed by atoms with Crippen molar-refractivity contribution in [2.24, 2.45) is 4.99 Å². The largest absolute Gasteiger partial charge is 0.465 e. The number of hydrogen-bond acceptors (Lipinski definition) is 6. The van der Waals surface area contributed by atoms with Crippen molar-refractivity contribution in [3.8, 4) is 0 Å². The monoisotopic (exact) mass is 349 g/mol. The lowest BCUT2D eigenvalue weighted by Crippen LogP contribution is -2.39. The van der Waals surface area contributed by atoms with Crippen molar-refractivity contribution in [2.45, 2.75) is 43.3 Å². The third-order valence-corrected chi connectivity index (χ3v) is 5.66. The van der Waals surface area contributed by atoms with E-state index in [9.17, 15) is 4.79 Å². The summed E-state index contributed by atoms with van der Waals surface area (Å²) in [5, 5.41) is 0.217. The second-order valence-corrected chi connectivity index (χ2v) is 7.31. The number of methoxy groups -OCH3 is 1. The van der Waals surface area contributed by atoms with E-state index in [-0.39, 0.29) is 17.5 Å². The molecule has 3 unspecified atom stereocenters. The highest BCUT2D eigenvalue weighted by Gasteiger charge is 2.42. The van der Waals surface area contributed by atoms with Crippen LogP contribution in [0.1, 0.15) is 42.1 Å². The van der Waals surface area contributed by atoms with Gasteiger partial charge in [0.15, 0.2) is 6.29 Å². The van der Waals surface area contributed by atoms with Crippen molar-refractivity contribution < 1.29 is 19.0 Å². The highest BCUT2D eigenvalue weighted by Crippen LogP contribution is 2.41. The second-order valence-electron chi connectivity index (χ2n) is 6.12. The van der Waals surface area contributed by atoms with Crippen LogP contribution in [-0.4, -0.2) is 43.4 Å². The van der Waals surface area contributed by atoms with Crippen LogP contribution in [0.2, 0.25) is 0 Å². The van der Waals surface area contributed by atoms with Gasteiger partial charge >= 0.3 is 5.97 Å². The first kappa shape index (κ1) is 17.5. The van der Waals surface area contributed by atoms with Crippen LogP contribution in [0.5, 0.6) is 0 Å². The number of carbonyl (C=O) groups excluding carboxylic acids is 1. The Morgan fingerprint density at radius 2 is 2.33 bits per heavy atom. The van der Waals surface area contributed by atoms with Gasteiger partial charge in [0.1, 0.15) is 5.54 Å². The van der Waals surface area contributed by atoms with E-state index in [1.54, 1.807) is 17.8 Å². The predicted molar refractivity (Wildman–Crippen MR) is 94.5 cm³/mol. The van der Waals surface area contributed by atoms with E-state index in [0.29, 0.717) is 12.2 Å². The average Bonchev–Trinajstić information content (AvgIpc) is 3.02. The van der Waals surface area contributed by atoms with Gasteiger partial charge in [0, 0.05) is 11.9 Å². The number of thioether (sulfide) groups is 1. The Kier molecular flexibility index (Phi) is 5.58. The highest BCUT2D eigenvalue weighted by atomic mass is 32.2. The molecule has 0 aromatic heterocycles. The summed E-state index contributed by atoms with van der Waals surface area (Å²) in [6, 6.07) is 7.48. The molecule has 3 atom stereocenters. The van der Waals surface area contributed by atoms with Crippen molar-refractivity contribution in [2.75, 3.05) is 20.3 Å². The summed E-state index contributed by atoms with van der Waals surface area (Å²) in [5.74, 6) is -0.342. The van der Waals surface area contributed by atoms with Crippen molar-refractivity contribution in [1.29, 1.82) is 0 Å². The summed E-state index contributed by atoms with van der Waals surface area (Å²) in [6.45, 7) is 3.32. The fourth-order valence-electron chi connectivity index (χ4n) is 3.08. The van der Waals surface area contributed by atoms with Gasteiger partial charge in [-0.1, -0.05) is 19.1 Å². The van der Waals surface area contributed by atoms with Gasteiger partial charge in [-0.05, 0) is 37.0 Å². The molecule has 5 nitrogen and oxygen atoms in total. The zero-order valence-electron chi connectivity index (χ0n) is 14.1. The maximum atomic E-state index is 11.9. The number of carbonyl (C=O) groups is 1. The van der Waals surface area contributed by atoms with E-state index in [2.05, 4.69) is 6.92 Å². The van der Waals surface area contributed by atoms with E-state index in [4.69, 9.17) is 19.2 Å². The summed E-state index contributed by atoms with van der Waals surface area (Å²) in [7, 11) is 1.39. The van der Waals surface area contributed by atoms with Gasteiger partial charge < -0.3 is 14.2 Å². The molecule has 0 N–H and O–H groups in total. The van der Waals surface area contributed by atoms with E-state index in [1.165, 1.54) is 7.11 Å². The Hall–Kier alpha value is -1.37. The first-order valence-corrected chi connectivity index (χ1v) is 9.21. The number of hydrogen-bond donors (Lipinski definition) is 0. The van der Waals surface area contributed by atoms with Crippen LogP contribution in [0.3, 0.4) is 0 Å². The zero-order valence-corrected chi connectivity index (χ0v) is 14.9. The highest BCUT2D eigenvalue weighted by molar-refractivity contribution is 8.12. The lowest BCUT2D eigenvalue weighted by atomic mass is 9.87. The van der Waals surface area contributed by atoms with Gasteiger partial charge in [-0.3, -0.25) is 4.99 Å². The second kappa shape index (κ2) is 7.68. The molecule has 0 radical (unpaired) electrons. The molecule has 6 heteroatoms. The SMILES string of the molecule is COC(=O)c1cccc(C2(COC3CCCCO3)N=CSC2C)c1. The summed E-state index contributed by atoms with van der Waals surface area (Å²) < 4.78 is 16.6. The van der Waals surface area contributed by atoms with Crippen LogP contribution < -0.4 is 0 Å². The van der Waals surface area contributed by atoms with Gasteiger partial charge in [0.25, 0.3) is 0 Å². The van der Waals surface area contributed by atoms with Gasteiger partial charge in [-0.2, -0.15) is 0 Å². The summed E-state index contributed by atoms with van der Waals surface area (Å²) >= 11 is 1.68. The van der Waals surface area contributed by atoms with E-state index in [1.807, 2.05) is 23.7 Å². The molecule has 2 aliphatic heterocycles. The quantitative estimate of drug-likeness (QED) is 0.763. The molecule has 0 amide bonds. The maximum absolute atomic E-state index is 11.9. The Bertz CT molecular complexity index is 615. The first-order chi connectivity index (χ1) is 11.7. The molecule has 1 fully saturated rings. The third-order valence-electron chi connectivity index (χ3n) is 4.63. The van der Waals surface area contributed by atoms with Gasteiger partial charge in [-0.15, -0.1) is 11.8 Å². The van der Waals surface area contributed by atoms with Crippen LogP contribution in [0.15, 0.2) is 29.3 Å². The minimum Gasteiger partial charge on any atom is -0.465 e. The topological polar surface area (TPSA) is 57.1 Å². The van der Waals surface area contributed by atoms with Crippen LogP contribution in [0.4, 0.5) is 0 Å². The molecule has 3 rings (SSSR count). The summed E-state index contributed by atoms with van der Waals surface area (Å²) in [4.78, 5) is 16.6. The lowest BCUT2D eigenvalue weighted by molar-refractivity contribution is -0.171.